The van der Waals surface area contributed by atoms with Gasteiger partial charge < -0.3 is 5.32 Å². The van der Waals surface area contributed by atoms with Crippen molar-refractivity contribution in [2.45, 2.75) is 26.3 Å². The van der Waals surface area contributed by atoms with Gasteiger partial charge in [0.15, 0.2) is 0 Å². The van der Waals surface area contributed by atoms with Crippen molar-refractivity contribution < 1.29 is 4.79 Å². The molecule has 1 saturated heterocycles. The fourth-order valence-electron chi connectivity index (χ4n) is 3.20. The fraction of sp³-hybridized carbons (Fsp3) is 0.350. The molecule has 3 nitrogen and oxygen atoms in total. The van der Waals surface area contributed by atoms with Crippen molar-refractivity contribution in [1.29, 1.82) is 0 Å². The van der Waals surface area contributed by atoms with E-state index in [0.717, 1.165) is 32.5 Å². The first-order valence-electron chi connectivity index (χ1n) is 8.55. The summed E-state index contributed by atoms with van der Waals surface area (Å²) in [5.74, 6) is 0.108. The van der Waals surface area contributed by atoms with Crippen LogP contribution in [0.15, 0.2) is 42.5 Å². The minimum absolute atomic E-state index is 0.0440. The zero-order chi connectivity index (χ0) is 17.8. The minimum Gasteiger partial charge on any atom is -0.326 e. The number of piperidine rings is 1. The van der Waals surface area contributed by atoms with E-state index in [1.807, 2.05) is 0 Å². The van der Waals surface area contributed by atoms with Gasteiger partial charge in [0.05, 0.1) is 10.0 Å². The Labute approximate surface area is 158 Å². The van der Waals surface area contributed by atoms with Gasteiger partial charge in [-0.15, -0.1) is 0 Å². The van der Waals surface area contributed by atoms with Crippen LogP contribution in [0.1, 0.15) is 24.0 Å². The monoisotopic (exact) mass is 376 g/mol. The Morgan fingerprint density at radius 2 is 1.84 bits per heavy atom. The van der Waals surface area contributed by atoms with Gasteiger partial charge in [0.25, 0.3) is 0 Å². The van der Waals surface area contributed by atoms with E-state index in [2.05, 4.69) is 41.4 Å². The third kappa shape index (κ3) is 4.75. The number of likely N-dealkylation sites (tertiary alicyclic amines) is 1. The predicted octanol–water partition coefficient (Wildman–Crippen LogP) is 5.15. The quantitative estimate of drug-likeness (QED) is 0.799. The second kappa shape index (κ2) is 8.22. The standard InChI is InChI=1S/C20H22Cl2N2O/c1-14-4-2-3-5-16(14)13-24-10-8-15(9-11-24)20(25)23-17-6-7-18(21)19(22)12-17/h2-7,12,15H,8-11,13H2,1H3,(H,23,25). The third-order valence-corrected chi connectivity index (χ3v) is 5.54. The van der Waals surface area contributed by atoms with Gasteiger partial charge >= 0.3 is 0 Å². The molecule has 0 radical (unpaired) electrons. The Morgan fingerprint density at radius 1 is 1.12 bits per heavy atom. The summed E-state index contributed by atoms with van der Waals surface area (Å²) in [5, 5.41) is 3.89. The molecule has 0 unspecified atom stereocenters. The Morgan fingerprint density at radius 3 is 2.52 bits per heavy atom. The molecule has 0 aromatic heterocycles. The summed E-state index contributed by atoms with van der Waals surface area (Å²) in [7, 11) is 0. The molecule has 2 aromatic rings. The summed E-state index contributed by atoms with van der Waals surface area (Å²) in [5.41, 5.74) is 3.38. The summed E-state index contributed by atoms with van der Waals surface area (Å²) < 4.78 is 0. The smallest absolute Gasteiger partial charge is 0.227 e. The molecular formula is C20H22Cl2N2O. The number of rotatable bonds is 4. The highest BCUT2D eigenvalue weighted by atomic mass is 35.5. The van der Waals surface area contributed by atoms with Crippen molar-refractivity contribution in [3.63, 3.8) is 0 Å². The number of nitrogens with one attached hydrogen (secondary N) is 1. The van der Waals surface area contributed by atoms with Crippen molar-refractivity contribution in [3.8, 4) is 0 Å². The van der Waals surface area contributed by atoms with Gasteiger partial charge in [-0.1, -0.05) is 47.5 Å². The van der Waals surface area contributed by atoms with Gasteiger partial charge in [-0.2, -0.15) is 0 Å². The first kappa shape index (κ1) is 18.2. The average Bonchev–Trinajstić information content (AvgIpc) is 2.61. The van der Waals surface area contributed by atoms with Crippen LogP contribution in [0, 0.1) is 12.8 Å². The van der Waals surface area contributed by atoms with Gasteiger partial charge in [-0.3, -0.25) is 9.69 Å². The Bertz CT molecular complexity index is 755. The second-order valence-electron chi connectivity index (χ2n) is 6.60. The summed E-state index contributed by atoms with van der Waals surface area (Å²) in [6, 6.07) is 13.6. The molecule has 0 bridgehead atoms. The molecule has 1 aliphatic heterocycles. The molecule has 1 N–H and O–H groups in total. The number of nitrogens with zero attached hydrogens (tertiary/aromatic N) is 1. The molecule has 0 aliphatic carbocycles. The number of hydrogen-bond donors (Lipinski definition) is 1. The Balaban J connectivity index is 1.52. The van der Waals surface area contributed by atoms with Crippen molar-refractivity contribution >= 4 is 34.8 Å². The molecule has 0 spiro atoms. The molecule has 0 saturated carbocycles. The lowest BCUT2D eigenvalue weighted by Crippen LogP contribution is -2.37. The molecule has 1 fully saturated rings. The van der Waals surface area contributed by atoms with E-state index in [-0.39, 0.29) is 11.8 Å². The minimum atomic E-state index is 0.0440. The number of aryl methyl sites for hydroxylation is 1. The summed E-state index contributed by atoms with van der Waals surface area (Å²) in [6.07, 6.45) is 1.75. The lowest BCUT2D eigenvalue weighted by Gasteiger charge is -2.31. The topological polar surface area (TPSA) is 32.3 Å². The van der Waals surface area contributed by atoms with E-state index >= 15 is 0 Å². The summed E-state index contributed by atoms with van der Waals surface area (Å²) in [6.45, 7) is 4.97. The maximum absolute atomic E-state index is 12.5. The van der Waals surface area contributed by atoms with Crippen LogP contribution in [0.5, 0.6) is 0 Å². The van der Waals surface area contributed by atoms with E-state index in [9.17, 15) is 4.79 Å². The van der Waals surface area contributed by atoms with Crippen molar-refractivity contribution in [3.05, 3.63) is 63.6 Å². The van der Waals surface area contributed by atoms with Crippen molar-refractivity contribution in [2.75, 3.05) is 18.4 Å². The molecule has 0 atom stereocenters. The predicted molar refractivity (Wildman–Crippen MR) is 104 cm³/mol. The molecule has 132 valence electrons. The highest BCUT2D eigenvalue weighted by molar-refractivity contribution is 6.42. The highest BCUT2D eigenvalue weighted by Gasteiger charge is 2.25. The van der Waals surface area contributed by atoms with Crippen LogP contribution in [-0.2, 0) is 11.3 Å². The van der Waals surface area contributed by atoms with Gasteiger partial charge in [-0.25, -0.2) is 0 Å². The van der Waals surface area contributed by atoms with E-state index in [4.69, 9.17) is 23.2 Å². The molecular weight excluding hydrogens is 355 g/mol. The number of benzene rings is 2. The first-order valence-corrected chi connectivity index (χ1v) is 9.31. The molecule has 2 aromatic carbocycles. The second-order valence-corrected chi connectivity index (χ2v) is 7.41. The molecule has 25 heavy (non-hydrogen) atoms. The van der Waals surface area contributed by atoms with Gasteiger partial charge in [0.2, 0.25) is 5.91 Å². The van der Waals surface area contributed by atoms with Gasteiger partial charge in [0, 0.05) is 18.2 Å². The lowest BCUT2D eigenvalue weighted by atomic mass is 9.95. The zero-order valence-electron chi connectivity index (χ0n) is 14.3. The van der Waals surface area contributed by atoms with Crippen LogP contribution < -0.4 is 5.32 Å². The number of carbonyl (C=O) groups excluding carboxylic acids is 1. The maximum Gasteiger partial charge on any atom is 0.227 e. The molecule has 1 aliphatic rings. The van der Waals surface area contributed by atoms with Crippen molar-refractivity contribution in [1.82, 2.24) is 4.90 Å². The van der Waals surface area contributed by atoms with Crippen LogP contribution in [-0.4, -0.2) is 23.9 Å². The van der Waals surface area contributed by atoms with Crippen LogP contribution >= 0.6 is 23.2 Å². The summed E-state index contributed by atoms with van der Waals surface area (Å²) >= 11 is 11.9. The zero-order valence-corrected chi connectivity index (χ0v) is 15.8. The van der Waals surface area contributed by atoms with E-state index in [1.165, 1.54) is 11.1 Å². The molecule has 3 rings (SSSR count). The normalized spacial score (nSPS) is 16.0. The SMILES string of the molecule is Cc1ccccc1CN1CCC(C(=O)Nc2ccc(Cl)c(Cl)c2)CC1. The Hall–Kier alpha value is -1.55. The van der Waals surface area contributed by atoms with Crippen molar-refractivity contribution in [2.24, 2.45) is 5.92 Å². The van der Waals surface area contributed by atoms with Crippen LogP contribution in [0.25, 0.3) is 0 Å². The maximum atomic E-state index is 12.5. The van der Waals surface area contributed by atoms with Crippen LogP contribution in [0.4, 0.5) is 5.69 Å². The number of halogens is 2. The molecule has 1 heterocycles. The first-order chi connectivity index (χ1) is 12.0. The van der Waals surface area contributed by atoms with E-state index < -0.39 is 0 Å². The molecule has 1 amide bonds. The lowest BCUT2D eigenvalue weighted by molar-refractivity contribution is -0.121. The number of carbonyl (C=O) groups is 1. The Kier molecular flexibility index (Phi) is 6.00. The number of anilines is 1. The fourth-order valence-corrected chi connectivity index (χ4v) is 3.50. The van der Waals surface area contributed by atoms with Crippen LogP contribution in [0.2, 0.25) is 10.0 Å². The number of amides is 1. The molecule has 5 heteroatoms. The van der Waals surface area contributed by atoms with E-state index in [1.54, 1.807) is 18.2 Å². The number of hydrogen-bond acceptors (Lipinski definition) is 2. The average molecular weight is 377 g/mol. The highest BCUT2D eigenvalue weighted by Crippen LogP contribution is 2.26. The largest absolute Gasteiger partial charge is 0.326 e. The summed E-state index contributed by atoms with van der Waals surface area (Å²) in [4.78, 5) is 14.9. The van der Waals surface area contributed by atoms with Crippen LogP contribution in [0.3, 0.4) is 0 Å². The van der Waals surface area contributed by atoms with E-state index in [0.29, 0.717) is 15.7 Å². The van der Waals surface area contributed by atoms with Gasteiger partial charge in [0.1, 0.15) is 0 Å². The van der Waals surface area contributed by atoms with Gasteiger partial charge in [-0.05, 0) is 62.2 Å². The third-order valence-electron chi connectivity index (χ3n) is 4.80.